The molecule has 0 unspecified atom stereocenters. The number of methoxy groups -OCH3 is 2. The van der Waals surface area contributed by atoms with E-state index in [9.17, 15) is 0 Å². The van der Waals surface area contributed by atoms with Gasteiger partial charge in [0.1, 0.15) is 17.2 Å². The Hall–Kier alpha value is -5.64. The molecule has 0 radical (unpaired) electrons. The van der Waals surface area contributed by atoms with Gasteiger partial charge in [0.15, 0.2) is 0 Å². The summed E-state index contributed by atoms with van der Waals surface area (Å²) in [7, 11) is 3.45. The molecule has 3 nitrogen and oxygen atoms in total. The Kier molecular flexibility index (Phi) is 10.1. The summed E-state index contributed by atoms with van der Waals surface area (Å²) in [6.07, 6.45) is 4.76. The van der Waals surface area contributed by atoms with Gasteiger partial charge in [-0.3, -0.25) is 0 Å². The molecule has 0 aromatic heterocycles. The highest BCUT2D eigenvalue weighted by Gasteiger charge is 2.22. The average molecular weight is 615 g/mol. The van der Waals surface area contributed by atoms with Crippen molar-refractivity contribution in [3.05, 3.63) is 126 Å². The fourth-order valence-corrected chi connectivity index (χ4v) is 6.05. The van der Waals surface area contributed by atoms with Crippen molar-refractivity contribution in [2.75, 3.05) is 20.8 Å². The number of hydrogen-bond acceptors (Lipinski definition) is 3. The number of hydrogen-bond donors (Lipinski definition) is 0. The van der Waals surface area contributed by atoms with Gasteiger partial charge in [-0.25, -0.2) is 0 Å². The van der Waals surface area contributed by atoms with Crippen LogP contribution in [-0.4, -0.2) is 20.8 Å². The Balaban J connectivity index is 1.38. The summed E-state index contributed by atoms with van der Waals surface area (Å²) in [5.41, 5.74) is 5.70. The van der Waals surface area contributed by atoms with Crippen molar-refractivity contribution in [3.8, 4) is 63.2 Å². The predicted molar refractivity (Wildman–Crippen MR) is 195 cm³/mol. The van der Waals surface area contributed by atoms with Crippen LogP contribution >= 0.6 is 0 Å². The number of fused-ring (bicyclic) bond motifs is 2. The van der Waals surface area contributed by atoms with Crippen molar-refractivity contribution in [1.29, 1.82) is 0 Å². The first-order valence-corrected chi connectivity index (χ1v) is 16.2. The minimum absolute atomic E-state index is 0.745. The van der Waals surface area contributed by atoms with E-state index in [-0.39, 0.29) is 0 Å². The van der Waals surface area contributed by atoms with Crippen molar-refractivity contribution in [3.63, 3.8) is 0 Å². The summed E-state index contributed by atoms with van der Waals surface area (Å²) >= 11 is 0. The van der Waals surface area contributed by atoms with E-state index in [0.29, 0.717) is 0 Å². The summed E-state index contributed by atoms with van der Waals surface area (Å²) < 4.78 is 18.1. The van der Waals surface area contributed by atoms with E-state index in [1.807, 2.05) is 48.5 Å². The van der Waals surface area contributed by atoms with Crippen LogP contribution in [0.5, 0.6) is 17.2 Å². The number of ether oxygens (including phenoxy) is 3. The van der Waals surface area contributed by atoms with Crippen LogP contribution in [-0.2, 0) is 0 Å². The first-order valence-electron chi connectivity index (χ1n) is 16.2. The lowest BCUT2D eigenvalue weighted by Crippen LogP contribution is -1.98. The van der Waals surface area contributed by atoms with Gasteiger partial charge < -0.3 is 14.2 Å². The highest BCUT2D eigenvalue weighted by molar-refractivity contribution is 6.12. The Morgan fingerprint density at radius 1 is 0.574 bits per heavy atom. The second kappa shape index (κ2) is 15.1. The van der Waals surface area contributed by atoms with Crippen molar-refractivity contribution in [2.24, 2.45) is 0 Å². The molecule has 0 atom stereocenters. The van der Waals surface area contributed by atoms with Crippen LogP contribution in [0.2, 0.25) is 0 Å². The number of unbranched alkanes of at least 4 members (excludes halogenated alkanes) is 3. The zero-order chi connectivity index (χ0) is 32.4. The molecule has 0 amide bonds. The average Bonchev–Trinajstić information content (AvgIpc) is 3.12. The molecule has 6 aromatic rings. The van der Waals surface area contributed by atoms with E-state index < -0.39 is 0 Å². The van der Waals surface area contributed by atoms with Crippen molar-refractivity contribution < 1.29 is 14.2 Å². The van der Waals surface area contributed by atoms with Gasteiger partial charge in [-0.05, 0) is 82.3 Å². The summed E-state index contributed by atoms with van der Waals surface area (Å²) in [5, 5.41) is 4.42. The zero-order valence-electron chi connectivity index (χ0n) is 27.2. The molecule has 0 heterocycles. The fourth-order valence-electron chi connectivity index (χ4n) is 6.05. The number of benzene rings is 6. The molecule has 0 fully saturated rings. The molecule has 3 heteroatoms. The Morgan fingerprint density at radius 3 is 2.04 bits per heavy atom. The lowest BCUT2D eigenvalue weighted by atomic mass is 9.87. The van der Waals surface area contributed by atoms with E-state index in [0.717, 1.165) is 85.2 Å². The van der Waals surface area contributed by atoms with Gasteiger partial charge in [0.2, 0.25) is 0 Å². The van der Waals surface area contributed by atoms with Crippen LogP contribution in [0.3, 0.4) is 0 Å². The molecule has 0 aliphatic rings. The molecule has 6 rings (SSSR count). The molecule has 0 aliphatic heterocycles. The Bertz CT molecular complexity index is 2140. The van der Waals surface area contributed by atoms with Gasteiger partial charge in [0, 0.05) is 33.4 Å². The van der Waals surface area contributed by atoms with Crippen molar-refractivity contribution in [2.45, 2.75) is 32.6 Å². The predicted octanol–water partition coefficient (Wildman–Crippen LogP) is 10.7. The SMILES string of the molecule is CCCCCCOc1ccc(C#CC#Cc2ccccc2-c2cc3ccccc3c(-c3c(OC)ccc4ccccc34)c2OC)cc1. The summed E-state index contributed by atoms with van der Waals surface area (Å²) in [5.74, 6) is 15.1. The maximum atomic E-state index is 6.29. The lowest BCUT2D eigenvalue weighted by molar-refractivity contribution is 0.305. The third-order valence-electron chi connectivity index (χ3n) is 8.37. The van der Waals surface area contributed by atoms with Gasteiger partial charge in [-0.2, -0.15) is 0 Å². The third kappa shape index (κ3) is 6.96. The molecule has 232 valence electrons. The Morgan fingerprint density at radius 2 is 1.28 bits per heavy atom. The molecule has 47 heavy (non-hydrogen) atoms. The van der Waals surface area contributed by atoms with Crippen molar-refractivity contribution in [1.82, 2.24) is 0 Å². The first-order chi connectivity index (χ1) is 23.2. The molecule has 0 spiro atoms. The van der Waals surface area contributed by atoms with Crippen LogP contribution < -0.4 is 14.2 Å². The standard InChI is InChI=1S/C44H38O3/c1-4-5-6-15-30-47-36-27-24-32(25-28-36)16-7-8-17-33-18-9-12-21-37(33)40-31-35-20-11-14-23-39(35)43(44(40)46-3)42-38-22-13-10-19-34(38)26-29-41(42)45-2/h9-14,18-29,31H,4-6,15,30H2,1-3H3. The first kappa shape index (κ1) is 31.3. The quantitative estimate of drug-likeness (QED) is 0.113. The van der Waals surface area contributed by atoms with Gasteiger partial charge >= 0.3 is 0 Å². The van der Waals surface area contributed by atoms with Gasteiger partial charge in [0.05, 0.1) is 20.8 Å². The highest BCUT2D eigenvalue weighted by atomic mass is 16.5. The van der Waals surface area contributed by atoms with E-state index >= 15 is 0 Å². The van der Waals surface area contributed by atoms with Crippen LogP contribution in [0, 0.1) is 23.7 Å². The molecular formula is C44H38O3. The van der Waals surface area contributed by atoms with E-state index in [4.69, 9.17) is 14.2 Å². The topological polar surface area (TPSA) is 27.7 Å². The molecule has 0 N–H and O–H groups in total. The van der Waals surface area contributed by atoms with Crippen LogP contribution in [0.15, 0.2) is 115 Å². The smallest absolute Gasteiger partial charge is 0.135 e. The number of rotatable bonds is 10. The molecule has 0 bridgehead atoms. The van der Waals surface area contributed by atoms with E-state index in [1.54, 1.807) is 14.2 Å². The minimum atomic E-state index is 0.745. The third-order valence-corrected chi connectivity index (χ3v) is 8.37. The van der Waals surface area contributed by atoms with E-state index in [1.165, 1.54) is 19.3 Å². The molecule has 0 saturated heterocycles. The Labute approximate surface area is 278 Å². The second-order valence-electron chi connectivity index (χ2n) is 11.4. The maximum Gasteiger partial charge on any atom is 0.135 e. The largest absolute Gasteiger partial charge is 0.496 e. The van der Waals surface area contributed by atoms with Gasteiger partial charge in [-0.1, -0.05) is 111 Å². The molecule has 6 aromatic carbocycles. The second-order valence-corrected chi connectivity index (χ2v) is 11.4. The summed E-state index contributed by atoms with van der Waals surface area (Å²) in [6.45, 7) is 2.96. The molecule has 0 aliphatic carbocycles. The minimum Gasteiger partial charge on any atom is -0.496 e. The maximum absolute atomic E-state index is 6.29. The summed E-state index contributed by atoms with van der Waals surface area (Å²) in [4.78, 5) is 0. The highest BCUT2D eigenvalue weighted by Crippen LogP contribution is 2.49. The monoisotopic (exact) mass is 614 g/mol. The van der Waals surface area contributed by atoms with Gasteiger partial charge in [-0.15, -0.1) is 0 Å². The molecule has 0 saturated carbocycles. The zero-order valence-corrected chi connectivity index (χ0v) is 27.2. The van der Waals surface area contributed by atoms with Crippen LogP contribution in [0.25, 0.3) is 43.8 Å². The van der Waals surface area contributed by atoms with E-state index in [2.05, 4.69) is 97.3 Å². The summed E-state index contributed by atoms with van der Waals surface area (Å²) in [6, 6.07) is 39.2. The molecular weight excluding hydrogens is 576 g/mol. The lowest BCUT2D eigenvalue weighted by Gasteiger charge is -2.21. The fraction of sp³-hybridized carbons (Fsp3) is 0.182. The van der Waals surface area contributed by atoms with Crippen LogP contribution in [0.4, 0.5) is 0 Å². The van der Waals surface area contributed by atoms with Crippen molar-refractivity contribution >= 4 is 21.5 Å². The van der Waals surface area contributed by atoms with Gasteiger partial charge in [0.25, 0.3) is 0 Å². The normalized spacial score (nSPS) is 10.5. The van der Waals surface area contributed by atoms with Crippen LogP contribution in [0.1, 0.15) is 43.7 Å².